The van der Waals surface area contributed by atoms with Gasteiger partial charge in [-0.2, -0.15) is 5.10 Å². The average Bonchev–Trinajstić information content (AvgIpc) is 2.58. The number of ether oxygens (including phenoxy) is 2. The number of aromatic nitrogens is 2. The Morgan fingerprint density at radius 1 is 1.30 bits per heavy atom. The third-order valence-corrected chi connectivity index (χ3v) is 3.82. The van der Waals surface area contributed by atoms with Gasteiger partial charge in [-0.05, 0) is 5.56 Å². The number of hydrogen-bond acceptors (Lipinski definition) is 5. The lowest BCUT2D eigenvalue weighted by Crippen LogP contribution is -2.36. The summed E-state index contributed by atoms with van der Waals surface area (Å²) in [5.74, 6) is 0. The molecule has 0 aliphatic carbocycles. The van der Waals surface area contributed by atoms with Crippen molar-refractivity contribution in [1.29, 1.82) is 0 Å². The van der Waals surface area contributed by atoms with Crippen LogP contribution in [0.25, 0.3) is 0 Å². The van der Waals surface area contributed by atoms with E-state index in [9.17, 15) is 4.79 Å². The summed E-state index contributed by atoms with van der Waals surface area (Å²) in [6.07, 6.45) is 1.61. The molecule has 0 N–H and O–H groups in total. The molecule has 6 heteroatoms. The molecule has 6 nitrogen and oxygen atoms in total. The van der Waals surface area contributed by atoms with Gasteiger partial charge in [0.15, 0.2) is 0 Å². The lowest BCUT2D eigenvalue weighted by atomic mass is 10.2. The summed E-state index contributed by atoms with van der Waals surface area (Å²) in [5, 5.41) is 4.26. The van der Waals surface area contributed by atoms with Gasteiger partial charge in [-0.1, -0.05) is 30.3 Å². The SMILES string of the molecule is CN(Cc1ccccc1)c1cnn(CC2COCCO2)c(=O)c1. The highest BCUT2D eigenvalue weighted by Gasteiger charge is 2.16. The molecule has 0 saturated carbocycles. The summed E-state index contributed by atoms with van der Waals surface area (Å²) in [6.45, 7) is 2.83. The van der Waals surface area contributed by atoms with Crippen molar-refractivity contribution < 1.29 is 9.47 Å². The van der Waals surface area contributed by atoms with Gasteiger partial charge in [0.1, 0.15) is 6.10 Å². The first kappa shape index (κ1) is 15.7. The molecule has 1 aliphatic heterocycles. The minimum Gasteiger partial charge on any atom is -0.376 e. The zero-order valence-electron chi connectivity index (χ0n) is 13.2. The Hall–Kier alpha value is -2.18. The topological polar surface area (TPSA) is 56.6 Å². The molecule has 1 fully saturated rings. The number of nitrogens with zero attached hydrogens (tertiary/aromatic N) is 3. The van der Waals surface area contributed by atoms with Crippen LogP contribution in [-0.2, 0) is 22.6 Å². The van der Waals surface area contributed by atoms with Crippen LogP contribution in [0.4, 0.5) is 5.69 Å². The van der Waals surface area contributed by atoms with Crippen LogP contribution < -0.4 is 10.5 Å². The van der Waals surface area contributed by atoms with E-state index in [1.165, 1.54) is 10.2 Å². The van der Waals surface area contributed by atoms with Gasteiger partial charge in [-0.3, -0.25) is 4.79 Å². The first-order chi connectivity index (χ1) is 11.2. The molecule has 23 heavy (non-hydrogen) atoms. The zero-order valence-corrected chi connectivity index (χ0v) is 13.2. The Bertz CT molecular complexity index is 681. The van der Waals surface area contributed by atoms with Crippen LogP contribution in [0.5, 0.6) is 0 Å². The van der Waals surface area contributed by atoms with E-state index in [1.807, 2.05) is 30.1 Å². The molecule has 0 radical (unpaired) electrons. The standard InChI is InChI=1S/C17H21N3O3/c1-19(11-14-5-3-2-4-6-14)15-9-17(21)20(18-10-15)12-16-13-22-7-8-23-16/h2-6,9-10,16H,7-8,11-13H2,1H3. The molecule has 1 aromatic heterocycles. The zero-order chi connectivity index (χ0) is 16.1. The molecule has 1 atom stereocenters. The molecule has 2 aromatic rings. The molecule has 3 rings (SSSR count). The number of hydrogen-bond donors (Lipinski definition) is 0. The van der Waals surface area contributed by atoms with E-state index in [4.69, 9.17) is 9.47 Å². The molecule has 0 bridgehead atoms. The minimum atomic E-state index is -0.128. The lowest BCUT2D eigenvalue weighted by Gasteiger charge is -2.23. The van der Waals surface area contributed by atoms with Crippen LogP contribution in [-0.4, -0.2) is 42.8 Å². The highest BCUT2D eigenvalue weighted by Crippen LogP contribution is 2.12. The largest absolute Gasteiger partial charge is 0.376 e. The van der Waals surface area contributed by atoms with Crippen molar-refractivity contribution in [3.63, 3.8) is 0 Å². The van der Waals surface area contributed by atoms with Gasteiger partial charge >= 0.3 is 0 Å². The Labute approximate surface area is 135 Å². The van der Waals surface area contributed by atoms with Crippen molar-refractivity contribution in [2.24, 2.45) is 0 Å². The molecule has 0 amide bonds. The van der Waals surface area contributed by atoms with Crippen molar-refractivity contribution in [1.82, 2.24) is 9.78 Å². The van der Waals surface area contributed by atoms with E-state index in [2.05, 4.69) is 17.2 Å². The highest BCUT2D eigenvalue weighted by atomic mass is 16.6. The van der Waals surface area contributed by atoms with Crippen LogP contribution in [0, 0.1) is 0 Å². The van der Waals surface area contributed by atoms with Crippen molar-refractivity contribution in [2.45, 2.75) is 19.2 Å². The third kappa shape index (κ3) is 4.18. The molecular formula is C17H21N3O3. The predicted octanol–water partition coefficient (Wildman–Crippen LogP) is 1.30. The Morgan fingerprint density at radius 2 is 2.13 bits per heavy atom. The fourth-order valence-corrected chi connectivity index (χ4v) is 2.55. The second-order valence-electron chi connectivity index (χ2n) is 5.64. The summed E-state index contributed by atoms with van der Waals surface area (Å²) in [6, 6.07) is 11.7. The van der Waals surface area contributed by atoms with Crippen molar-refractivity contribution in [3.05, 3.63) is 58.5 Å². The highest BCUT2D eigenvalue weighted by molar-refractivity contribution is 5.42. The smallest absolute Gasteiger partial charge is 0.268 e. The summed E-state index contributed by atoms with van der Waals surface area (Å²) >= 11 is 0. The maximum Gasteiger partial charge on any atom is 0.268 e. The molecule has 1 aromatic carbocycles. The van der Waals surface area contributed by atoms with Crippen LogP contribution in [0.2, 0.25) is 0 Å². The fourth-order valence-electron chi connectivity index (χ4n) is 2.55. The molecule has 1 saturated heterocycles. The second-order valence-corrected chi connectivity index (χ2v) is 5.64. The summed E-state index contributed by atoms with van der Waals surface area (Å²) < 4.78 is 12.3. The average molecular weight is 315 g/mol. The molecular weight excluding hydrogens is 294 g/mol. The van der Waals surface area contributed by atoms with Crippen molar-refractivity contribution in [2.75, 3.05) is 31.8 Å². The fraction of sp³-hybridized carbons (Fsp3) is 0.412. The van der Waals surface area contributed by atoms with Gasteiger partial charge < -0.3 is 14.4 Å². The summed E-state index contributed by atoms with van der Waals surface area (Å²) in [7, 11) is 1.95. The Morgan fingerprint density at radius 3 is 2.83 bits per heavy atom. The summed E-state index contributed by atoms with van der Waals surface area (Å²) in [5.41, 5.74) is 1.86. The van der Waals surface area contributed by atoms with E-state index >= 15 is 0 Å². The van der Waals surface area contributed by atoms with Gasteiger partial charge in [0.05, 0.1) is 38.2 Å². The molecule has 1 aliphatic rings. The number of benzene rings is 1. The molecule has 2 heterocycles. The number of anilines is 1. The van der Waals surface area contributed by atoms with Crippen LogP contribution in [0.1, 0.15) is 5.56 Å². The first-order valence-corrected chi connectivity index (χ1v) is 7.74. The van der Waals surface area contributed by atoms with E-state index in [1.54, 1.807) is 12.3 Å². The summed E-state index contributed by atoms with van der Waals surface area (Å²) in [4.78, 5) is 14.3. The lowest BCUT2D eigenvalue weighted by molar-refractivity contribution is -0.0950. The quantitative estimate of drug-likeness (QED) is 0.832. The third-order valence-electron chi connectivity index (χ3n) is 3.82. The van der Waals surface area contributed by atoms with Crippen molar-refractivity contribution in [3.8, 4) is 0 Å². The van der Waals surface area contributed by atoms with E-state index in [0.29, 0.717) is 26.4 Å². The number of rotatable bonds is 5. The normalized spacial score (nSPS) is 17.9. The van der Waals surface area contributed by atoms with Gasteiger partial charge in [0.2, 0.25) is 0 Å². The van der Waals surface area contributed by atoms with E-state index in [0.717, 1.165) is 12.2 Å². The van der Waals surface area contributed by atoms with Gasteiger partial charge in [-0.25, -0.2) is 4.68 Å². The van der Waals surface area contributed by atoms with Gasteiger partial charge in [-0.15, -0.1) is 0 Å². The maximum absolute atomic E-state index is 12.2. The Kier molecular flexibility index (Phi) is 5.05. The molecule has 122 valence electrons. The molecule has 1 unspecified atom stereocenters. The Balaban J connectivity index is 1.67. The monoisotopic (exact) mass is 315 g/mol. The molecule has 0 spiro atoms. The van der Waals surface area contributed by atoms with E-state index < -0.39 is 0 Å². The van der Waals surface area contributed by atoms with Gasteiger partial charge in [0.25, 0.3) is 5.56 Å². The minimum absolute atomic E-state index is 0.109. The van der Waals surface area contributed by atoms with E-state index in [-0.39, 0.29) is 11.7 Å². The van der Waals surface area contributed by atoms with Crippen molar-refractivity contribution >= 4 is 5.69 Å². The second kappa shape index (κ2) is 7.39. The van der Waals surface area contributed by atoms with Gasteiger partial charge in [0, 0.05) is 19.7 Å². The maximum atomic E-state index is 12.2. The first-order valence-electron chi connectivity index (χ1n) is 7.74. The van der Waals surface area contributed by atoms with Crippen LogP contribution >= 0.6 is 0 Å². The van der Waals surface area contributed by atoms with Crippen LogP contribution in [0.15, 0.2) is 47.4 Å². The predicted molar refractivity (Wildman–Crippen MR) is 87.6 cm³/mol. The van der Waals surface area contributed by atoms with Crippen LogP contribution in [0.3, 0.4) is 0 Å².